The number of phenolic OH excluding ortho intramolecular Hbond substituents is 2. The van der Waals surface area contributed by atoms with E-state index in [4.69, 9.17) is 10.6 Å². The van der Waals surface area contributed by atoms with Crippen molar-refractivity contribution in [3.63, 3.8) is 0 Å². The van der Waals surface area contributed by atoms with Crippen LogP contribution >= 0.6 is 23.1 Å². The molecule has 8 N–H and O–H groups in total. The maximum Gasteiger partial charge on any atom is 0.352 e. The molecule has 4 heterocycles. The van der Waals surface area contributed by atoms with Gasteiger partial charge in [-0.15, -0.1) is 23.1 Å². The highest BCUT2D eigenvalue weighted by Crippen LogP contribution is 2.41. The number of aliphatic carboxylic acids is 2. The molecule has 3 aliphatic rings. The molecule has 0 unspecified atom stereocenters. The van der Waals surface area contributed by atoms with Crippen LogP contribution < -0.4 is 16.4 Å². The number of thiazole rings is 1. The van der Waals surface area contributed by atoms with Gasteiger partial charge in [-0.25, -0.2) is 14.6 Å². The zero-order valence-corrected chi connectivity index (χ0v) is 28.2. The monoisotopic (exact) mass is 718 g/mol. The van der Waals surface area contributed by atoms with Gasteiger partial charge in [0, 0.05) is 35.1 Å². The molecule has 2 aromatic rings. The fraction of sp³-hybridized carbons (Fsp3) is 0.433. The number of carboxylic acids is 2. The van der Waals surface area contributed by atoms with Gasteiger partial charge in [0.15, 0.2) is 22.3 Å². The molecule has 5 rings (SSSR count). The number of nitrogens with zero attached hydrogens (tertiary/aromatic N) is 4. The number of carboxylic acid groups (broad SMARTS) is 2. The maximum absolute atomic E-state index is 13.4. The molecule has 2 atom stereocenters. The van der Waals surface area contributed by atoms with E-state index in [1.54, 1.807) is 0 Å². The van der Waals surface area contributed by atoms with Crippen LogP contribution in [0, 0.1) is 0 Å². The molecule has 1 aromatic heterocycles. The van der Waals surface area contributed by atoms with E-state index >= 15 is 0 Å². The summed E-state index contributed by atoms with van der Waals surface area (Å²) < 4.78 is 0.504. The molecule has 49 heavy (non-hydrogen) atoms. The molecule has 17 nitrogen and oxygen atoms in total. The van der Waals surface area contributed by atoms with Gasteiger partial charge in [-0.3, -0.25) is 19.3 Å². The number of aromatic nitrogens is 1. The summed E-state index contributed by atoms with van der Waals surface area (Å²) in [5.74, 6) is -5.04. The van der Waals surface area contributed by atoms with Crippen LogP contribution in [0.4, 0.5) is 5.13 Å². The van der Waals surface area contributed by atoms with Crippen LogP contribution in [0.25, 0.3) is 0 Å². The molecule has 0 radical (unpaired) electrons. The van der Waals surface area contributed by atoms with Crippen LogP contribution in [0.15, 0.2) is 40.0 Å². The molecule has 19 heteroatoms. The number of β-lactam (4-membered cyclic amide) rings is 1. The molecular formula is C30H36N7O10S2+. The Labute approximate surface area is 288 Å². The van der Waals surface area contributed by atoms with Crippen molar-refractivity contribution < 1.29 is 53.7 Å². The highest BCUT2D eigenvalue weighted by Gasteiger charge is 2.55. The number of hydrogen-bond donors (Lipinski definition) is 7. The van der Waals surface area contributed by atoms with E-state index in [0.29, 0.717) is 23.1 Å². The van der Waals surface area contributed by atoms with Crippen LogP contribution in [0.1, 0.15) is 42.7 Å². The van der Waals surface area contributed by atoms with E-state index in [9.17, 15) is 44.4 Å². The van der Waals surface area contributed by atoms with Crippen LogP contribution in [-0.2, 0) is 24.0 Å². The smallest absolute Gasteiger partial charge is 0.352 e. The molecule has 2 saturated heterocycles. The third kappa shape index (κ3) is 7.42. The predicted molar refractivity (Wildman–Crippen MR) is 177 cm³/mol. The van der Waals surface area contributed by atoms with E-state index in [1.165, 1.54) is 54.1 Å². The number of fused-ring (bicyclic) bond motifs is 1. The lowest BCUT2D eigenvalue weighted by atomic mass is 10.0. The van der Waals surface area contributed by atoms with E-state index < -0.39 is 58.1 Å². The van der Waals surface area contributed by atoms with Gasteiger partial charge in [0.05, 0.1) is 26.2 Å². The van der Waals surface area contributed by atoms with E-state index in [-0.39, 0.29) is 40.1 Å². The SMILES string of the molecule is CC(C)(O/N=C(\C(=O)N[C@@H]1C(=O)N2C(C(=O)O)=C(C[N+]3(CCNC(=O)c4ccc(O)c(O)c4)CCCC3)CS[C@H]12)c1csc(N)n1)C(=O)O. The number of oxime groups is 1. The van der Waals surface area contributed by atoms with Crippen LogP contribution in [0.3, 0.4) is 0 Å². The number of likely N-dealkylation sites (tertiary alicyclic amines) is 1. The standard InChI is InChI=1S/C30H35N7O10S2/c1-30(2,28(45)46)47-35-20(17-14-49-29(31)33-17)24(41)34-21-25(42)36-22(27(43)44)16(13-48-26(21)36)12-37(8-3-4-9-37)10-7-32-23(40)15-5-6-18(38)19(39)11-15/h5-6,11,14,21,26H,3-4,7-10,12-13H2,1-2H3,(H7-,31,32,33,34,35,38,39,40,41,43,44,45,46)/p+1/t21-,26-/m1/s1. The summed E-state index contributed by atoms with van der Waals surface area (Å²) in [6.07, 6.45) is 1.81. The zero-order chi connectivity index (χ0) is 35.7. The molecule has 1 aromatic carbocycles. The molecule has 0 aliphatic carbocycles. The first-order valence-corrected chi connectivity index (χ1v) is 17.1. The molecule has 262 valence electrons. The number of anilines is 1. The Morgan fingerprint density at radius 1 is 1.16 bits per heavy atom. The Bertz CT molecular complexity index is 1750. The Morgan fingerprint density at radius 2 is 1.88 bits per heavy atom. The summed E-state index contributed by atoms with van der Waals surface area (Å²) in [5, 5.41) is 48.9. The van der Waals surface area contributed by atoms with Crippen LogP contribution in [-0.4, -0.2) is 126 Å². The fourth-order valence-corrected chi connectivity index (χ4v) is 7.74. The number of quaternary nitrogens is 1. The average molecular weight is 719 g/mol. The molecule has 0 spiro atoms. The van der Waals surface area contributed by atoms with Gasteiger partial charge in [0.2, 0.25) is 5.60 Å². The predicted octanol–water partition coefficient (Wildman–Crippen LogP) is 0.500. The molecule has 2 fully saturated rings. The first-order valence-electron chi connectivity index (χ1n) is 15.2. The van der Waals surface area contributed by atoms with Crippen molar-refractivity contribution >= 4 is 63.6 Å². The van der Waals surface area contributed by atoms with Crippen molar-refractivity contribution in [3.8, 4) is 11.5 Å². The topological polar surface area (TPSA) is 254 Å². The molecule has 3 amide bonds. The summed E-state index contributed by atoms with van der Waals surface area (Å²) >= 11 is 2.32. The highest BCUT2D eigenvalue weighted by molar-refractivity contribution is 8.00. The van der Waals surface area contributed by atoms with Crippen molar-refractivity contribution in [1.29, 1.82) is 0 Å². The van der Waals surface area contributed by atoms with Gasteiger partial charge in [0.25, 0.3) is 17.7 Å². The second-order valence-electron chi connectivity index (χ2n) is 12.4. The minimum Gasteiger partial charge on any atom is -0.504 e. The minimum absolute atomic E-state index is 0.00607. The van der Waals surface area contributed by atoms with E-state index in [0.717, 1.165) is 37.3 Å². The second kappa shape index (κ2) is 13.9. The first kappa shape index (κ1) is 35.4. The van der Waals surface area contributed by atoms with Crippen molar-refractivity contribution in [3.05, 3.63) is 46.1 Å². The minimum atomic E-state index is -1.79. The van der Waals surface area contributed by atoms with Crippen molar-refractivity contribution in [1.82, 2.24) is 20.5 Å². The average Bonchev–Trinajstić information content (AvgIpc) is 3.69. The van der Waals surface area contributed by atoms with E-state index in [1.807, 2.05) is 0 Å². The number of carbonyl (C=O) groups excluding carboxylic acids is 3. The summed E-state index contributed by atoms with van der Waals surface area (Å²) in [6, 6.07) is 2.67. The quantitative estimate of drug-likeness (QED) is 0.0490. The van der Waals surface area contributed by atoms with Gasteiger partial charge < -0.3 is 46.1 Å². The number of nitrogen functional groups attached to an aromatic ring is 1. The van der Waals surface area contributed by atoms with Gasteiger partial charge in [0.1, 0.15) is 29.4 Å². The number of thioether (sulfide) groups is 1. The lowest BCUT2D eigenvalue weighted by molar-refractivity contribution is -0.911. The molecule has 0 bridgehead atoms. The van der Waals surface area contributed by atoms with E-state index in [2.05, 4.69) is 20.8 Å². The molecule has 3 aliphatic heterocycles. The number of phenols is 2. The zero-order valence-electron chi connectivity index (χ0n) is 26.5. The first-order chi connectivity index (χ1) is 23.1. The number of benzene rings is 1. The number of nitrogens with one attached hydrogen (secondary N) is 2. The fourth-order valence-electron chi connectivity index (χ4n) is 5.86. The summed E-state index contributed by atoms with van der Waals surface area (Å²) in [7, 11) is 0. The highest BCUT2D eigenvalue weighted by atomic mass is 32.2. The van der Waals surface area contributed by atoms with Crippen molar-refractivity contribution in [2.45, 2.75) is 43.7 Å². The van der Waals surface area contributed by atoms with Gasteiger partial charge >= 0.3 is 11.9 Å². The van der Waals surface area contributed by atoms with Crippen LogP contribution in [0.2, 0.25) is 0 Å². The number of carbonyl (C=O) groups is 5. The van der Waals surface area contributed by atoms with Gasteiger partial charge in [-0.05, 0) is 32.0 Å². The summed E-state index contributed by atoms with van der Waals surface area (Å²) in [4.78, 5) is 73.9. The number of nitrogens with two attached hydrogens (primary N) is 1. The number of amides is 3. The summed E-state index contributed by atoms with van der Waals surface area (Å²) in [6.45, 7) is 5.08. The van der Waals surface area contributed by atoms with Crippen molar-refractivity contribution in [2.75, 3.05) is 44.2 Å². The lowest BCUT2D eigenvalue weighted by Gasteiger charge is -2.50. The van der Waals surface area contributed by atoms with Gasteiger partial charge in [-0.1, -0.05) is 5.16 Å². The van der Waals surface area contributed by atoms with Gasteiger partial charge in [-0.2, -0.15) is 0 Å². The molecular weight excluding hydrogens is 683 g/mol. The second-order valence-corrected chi connectivity index (χ2v) is 14.4. The Balaban J connectivity index is 1.29. The Morgan fingerprint density at radius 3 is 2.49 bits per heavy atom. The number of rotatable bonds is 13. The normalized spacial score (nSPS) is 20.3. The number of aromatic hydroxyl groups is 2. The Kier molecular flexibility index (Phi) is 10.1. The lowest BCUT2D eigenvalue weighted by Crippen LogP contribution is -2.71. The summed E-state index contributed by atoms with van der Waals surface area (Å²) in [5.41, 5.74) is 4.14. The molecule has 0 saturated carbocycles. The third-order valence-electron chi connectivity index (χ3n) is 8.55. The largest absolute Gasteiger partial charge is 0.504 e. The Hall–Kier alpha value is -4.88. The third-order valence-corrected chi connectivity index (χ3v) is 10.6. The van der Waals surface area contributed by atoms with Crippen LogP contribution in [0.5, 0.6) is 11.5 Å². The van der Waals surface area contributed by atoms with Crippen molar-refractivity contribution in [2.24, 2.45) is 5.16 Å². The maximum atomic E-state index is 13.4. The number of hydrogen-bond acceptors (Lipinski definition) is 13.